The van der Waals surface area contributed by atoms with Gasteiger partial charge in [0.15, 0.2) is 0 Å². The van der Waals surface area contributed by atoms with Gasteiger partial charge in [-0.2, -0.15) is 5.10 Å². The molecule has 0 aliphatic heterocycles. The van der Waals surface area contributed by atoms with Gasteiger partial charge in [0.05, 0.1) is 18.1 Å². The highest BCUT2D eigenvalue weighted by atomic mass is 79.9. The van der Waals surface area contributed by atoms with Crippen LogP contribution in [0.4, 0.5) is 5.69 Å². The van der Waals surface area contributed by atoms with Crippen LogP contribution in [-0.4, -0.2) is 15.8 Å². The predicted molar refractivity (Wildman–Crippen MR) is 85.1 cm³/mol. The van der Waals surface area contributed by atoms with Gasteiger partial charge in [-0.1, -0.05) is 5.92 Å². The van der Waals surface area contributed by atoms with E-state index in [0.717, 1.165) is 18.6 Å². The first-order valence-corrected chi connectivity index (χ1v) is 7.39. The molecule has 2 aromatic heterocycles. The summed E-state index contributed by atoms with van der Waals surface area (Å²) in [5, 5.41) is 7.31. The van der Waals surface area contributed by atoms with E-state index in [1.807, 2.05) is 19.1 Å². The van der Waals surface area contributed by atoms with Crippen LogP contribution in [0.25, 0.3) is 0 Å². The number of aryl methyl sites for hydroxylation is 1. The number of nitrogens with one attached hydrogen (secondary N) is 1. The van der Waals surface area contributed by atoms with Gasteiger partial charge in [-0.15, -0.1) is 6.42 Å². The number of anilines is 1. The molecule has 0 aliphatic carbocycles. The van der Waals surface area contributed by atoms with Crippen LogP contribution in [0.5, 0.6) is 0 Å². The molecule has 0 saturated carbocycles. The molecule has 2 aromatic rings. The molecule has 0 fully saturated rings. The van der Waals surface area contributed by atoms with E-state index in [-0.39, 0.29) is 18.1 Å². The number of aromatic nitrogens is 2. The van der Waals surface area contributed by atoms with Crippen molar-refractivity contribution in [3.8, 4) is 12.3 Å². The fourth-order valence-electron chi connectivity index (χ4n) is 1.92. The molecule has 6 heteroatoms. The average molecular weight is 350 g/mol. The van der Waals surface area contributed by atoms with Gasteiger partial charge in [0.2, 0.25) is 0 Å². The Morgan fingerprint density at radius 1 is 1.62 bits per heavy atom. The highest BCUT2D eigenvalue weighted by Crippen LogP contribution is 2.18. The van der Waals surface area contributed by atoms with Crippen molar-refractivity contribution >= 4 is 21.6 Å². The lowest BCUT2D eigenvalue weighted by atomic mass is 10.1. The molecule has 0 radical (unpaired) electrons. The predicted octanol–water partition coefficient (Wildman–Crippen LogP) is 2.67. The Morgan fingerprint density at radius 2 is 2.43 bits per heavy atom. The normalized spacial score (nSPS) is 11.9. The molecular weight excluding hydrogens is 334 g/mol. The molecule has 1 N–H and O–H groups in total. The van der Waals surface area contributed by atoms with Crippen molar-refractivity contribution in [3.63, 3.8) is 0 Å². The van der Waals surface area contributed by atoms with Gasteiger partial charge in [-0.25, -0.2) is 4.68 Å². The molecule has 2 heterocycles. The van der Waals surface area contributed by atoms with E-state index >= 15 is 0 Å². The third kappa shape index (κ3) is 3.99. The summed E-state index contributed by atoms with van der Waals surface area (Å²) < 4.78 is 6.98. The Bertz CT molecular complexity index is 686. The first-order valence-electron chi connectivity index (χ1n) is 6.60. The Hall–Kier alpha value is -2.00. The topological polar surface area (TPSA) is 60.1 Å². The summed E-state index contributed by atoms with van der Waals surface area (Å²) in [5.41, 5.74) is 0.427. The molecule has 0 amide bonds. The van der Waals surface area contributed by atoms with Crippen LogP contribution in [0.3, 0.4) is 0 Å². The number of furan rings is 1. The maximum atomic E-state index is 12.0. The zero-order valence-corrected chi connectivity index (χ0v) is 13.3. The second kappa shape index (κ2) is 7.14. The van der Waals surface area contributed by atoms with Crippen molar-refractivity contribution in [2.75, 3.05) is 5.32 Å². The fraction of sp³-hybridized carbons (Fsp3) is 0.333. The Morgan fingerprint density at radius 3 is 3.10 bits per heavy atom. The summed E-state index contributed by atoms with van der Waals surface area (Å²) in [7, 11) is 0. The maximum absolute atomic E-state index is 12.0. The molecule has 0 aliphatic rings. The van der Waals surface area contributed by atoms with Crippen molar-refractivity contribution in [2.24, 2.45) is 0 Å². The summed E-state index contributed by atoms with van der Waals surface area (Å²) >= 11 is 3.30. The van der Waals surface area contributed by atoms with Crippen molar-refractivity contribution < 1.29 is 4.42 Å². The quantitative estimate of drug-likeness (QED) is 0.814. The lowest BCUT2D eigenvalue weighted by Crippen LogP contribution is -2.26. The van der Waals surface area contributed by atoms with E-state index in [1.54, 1.807) is 12.5 Å². The Balaban J connectivity index is 2.01. The van der Waals surface area contributed by atoms with Crippen molar-refractivity contribution in [1.82, 2.24) is 9.78 Å². The van der Waals surface area contributed by atoms with Crippen LogP contribution in [0.2, 0.25) is 0 Å². The van der Waals surface area contributed by atoms with Crippen molar-refractivity contribution in [3.05, 3.63) is 45.2 Å². The van der Waals surface area contributed by atoms with Gasteiger partial charge in [0.1, 0.15) is 16.8 Å². The highest BCUT2D eigenvalue weighted by Gasteiger charge is 2.11. The van der Waals surface area contributed by atoms with E-state index < -0.39 is 0 Å². The molecule has 21 heavy (non-hydrogen) atoms. The lowest BCUT2D eigenvalue weighted by molar-refractivity contribution is 0.495. The standard InChI is InChI=1S/C15H16BrN3O2/c1-3-8-19-15(20)14(16)13(10-17-19)18-11(2)6-7-12-5-4-9-21-12/h1,4-5,9-11,18H,6-8H2,2H3. The van der Waals surface area contributed by atoms with Crippen LogP contribution in [0.1, 0.15) is 19.1 Å². The van der Waals surface area contributed by atoms with E-state index in [9.17, 15) is 4.79 Å². The average Bonchev–Trinajstić information content (AvgIpc) is 2.98. The smallest absolute Gasteiger partial charge is 0.284 e. The first kappa shape index (κ1) is 15.4. The second-order valence-corrected chi connectivity index (χ2v) is 5.50. The molecule has 5 nitrogen and oxygen atoms in total. The van der Waals surface area contributed by atoms with Gasteiger partial charge < -0.3 is 9.73 Å². The minimum absolute atomic E-state index is 0.158. The number of terminal acetylenes is 1. The van der Waals surface area contributed by atoms with Crippen LogP contribution in [0, 0.1) is 12.3 Å². The maximum Gasteiger partial charge on any atom is 0.284 e. The molecule has 0 spiro atoms. The van der Waals surface area contributed by atoms with E-state index in [1.165, 1.54) is 4.68 Å². The van der Waals surface area contributed by atoms with E-state index in [0.29, 0.717) is 10.2 Å². The van der Waals surface area contributed by atoms with E-state index in [2.05, 4.69) is 32.3 Å². The summed E-state index contributed by atoms with van der Waals surface area (Å²) in [6, 6.07) is 4.00. The first-order chi connectivity index (χ1) is 10.1. The monoisotopic (exact) mass is 349 g/mol. The number of halogens is 1. The largest absolute Gasteiger partial charge is 0.469 e. The number of hydrogen-bond donors (Lipinski definition) is 1. The number of nitrogens with zero attached hydrogens (tertiary/aromatic N) is 2. The van der Waals surface area contributed by atoms with Gasteiger partial charge in [-0.3, -0.25) is 4.79 Å². The summed E-state index contributed by atoms with van der Waals surface area (Å²) in [5.74, 6) is 3.35. The van der Waals surface area contributed by atoms with Crippen LogP contribution in [0.15, 0.2) is 38.3 Å². The van der Waals surface area contributed by atoms with Crippen molar-refractivity contribution in [2.45, 2.75) is 32.4 Å². The molecule has 1 atom stereocenters. The van der Waals surface area contributed by atoms with Gasteiger partial charge >= 0.3 is 0 Å². The van der Waals surface area contributed by atoms with Gasteiger partial charge in [0, 0.05) is 12.5 Å². The SMILES string of the molecule is C#CCn1ncc(NC(C)CCc2ccco2)c(Br)c1=O. The zero-order valence-electron chi connectivity index (χ0n) is 11.7. The van der Waals surface area contributed by atoms with E-state index in [4.69, 9.17) is 10.8 Å². The molecule has 2 rings (SSSR count). The van der Waals surface area contributed by atoms with Gasteiger partial charge in [-0.05, 0) is 41.4 Å². The molecular formula is C15H16BrN3O2. The minimum atomic E-state index is -0.240. The molecule has 1 unspecified atom stereocenters. The second-order valence-electron chi connectivity index (χ2n) is 4.70. The Labute approximate surface area is 131 Å². The summed E-state index contributed by atoms with van der Waals surface area (Å²) in [6.45, 7) is 2.20. The van der Waals surface area contributed by atoms with Gasteiger partial charge in [0.25, 0.3) is 5.56 Å². The van der Waals surface area contributed by atoms with Crippen molar-refractivity contribution in [1.29, 1.82) is 0 Å². The van der Waals surface area contributed by atoms with Crippen LogP contribution >= 0.6 is 15.9 Å². The molecule has 0 aromatic carbocycles. The highest BCUT2D eigenvalue weighted by molar-refractivity contribution is 9.10. The lowest BCUT2D eigenvalue weighted by Gasteiger charge is -2.15. The number of hydrogen-bond acceptors (Lipinski definition) is 4. The van der Waals surface area contributed by atoms with Crippen LogP contribution in [-0.2, 0) is 13.0 Å². The van der Waals surface area contributed by atoms with Crippen LogP contribution < -0.4 is 10.9 Å². The summed E-state index contributed by atoms with van der Waals surface area (Å²) in [6.07, 6.45) is 10.2. The fourth-order valence-corrected chi connectivity index (χ4v) is 2.34. The molecule has 0 bridgehead atoms. The number of rotatable bonds is 6. The Kier molecular flexibility index (Phi) is 5.23. The summed E-state index contributed by atoms with van der Waals surface area (Å²) in [4.78, 5) is 12.0. The zero-order chi connectivity index (χ0) is 15.2. The minimum Gasteiger partial charge on any atom is -0.469 e. The third-order valence-electron chi connectivity index (χ3n) is 3.03. The molecule has 0 saturated heterocycles. The molecule has 110 valence electrons. The third-order valence-corrected chi connectivity index (χ3v) is 3.80.